The van der Waals surface area contributed by atoms with Crippen molar-refractivity contribution in [3.8, 4) is 16.3 Å². The number of aromatic nitrogens is 3. The largest absolute Gasteiger partial charge is 0.502 e. The van der Waals surface area contributed by atoms with Gasteiger partial charge >= 0.3 is 0 Å². The van der Waals surface area contributed by atoms with Gasteiger partial charge in [-0.15, -0.1) is 10.2 Å². The number of aliphatic hydroxyl groups is 1. The van der Waals surface area contributed by atoms with Crippen LogP contribution < -0.4 is 15.8 Å². The van der Waals surface area contributed by atoms with Crippen molar-refractivity contribution in [3.63, 3.8) is 0 Å². The van der Waals surface area contributed by atoms with E-state index in [0.717, 1.165) is 23.5 Å². The zero-order chi connectivity index (χ0) is 30.0. The van der Waals surface area contributed by atoms with E-state index in [1.165, 1.54) is 21.8 Å². The Balaban J connectivity index is 1.27. The highest BCUT2D eigenvalue weighted by atomic mass is 32.1. The first-order valence-corrected chi connectivity index (χ1v) is 14.5. The number of nitrogens with zero attached hydrogens (tertiary/aromatic N) is 5. The molecule has 14 heteroatoms. The Morgan fingerprint density at radius 3 is 2.52 bits per heavy atom. The van der Waals surface area contributed by atoms with E-state index in [1.54, 1.807) is 19.1 Å². The molecule has 222 valence electrons. The number of nitrogens with one attached hydrogen (secondary N) is 1. The Hall–Kier alpha value is -3.91. The van der Waals surface area contributed by atoms with Gasteiger partial charge in [-0.05, 0) is 50.2 Å². The molecule has 3 aromatic rings. The summed E-state index contributed by atoms with van der Waals surface area (Å²) in [6, 6.07) is 3.24. The Morgan fingerprint density at radius 2 is 1.86 bits per heavy atom. The van der Waals surface area contributed by atoms with E-state index in [4.69, 9.17) is 0 Å². The van der Waals surface area contributed by atoms with Crippen molar-refractivity contribution in [3.05, 3.63) is 62.5 Å². The minimum absolute atomic E-state index is 0.0185. The number of aromatic hydroxyl groups is 1. The van der Waals surface area contributed by atoms with Gasteiger partial charge in [0.1, 0.15) is 22.3 Å². The molecule has 11 nitrogen and oxygen atoms in total. The topological polar surface area (TPSA) is 141 Å². The van der Waals surface area contributed by atoms with Gasteiger partial charge in [-0.3, -0.25) is 24.1 Å². The summed E-state index contributed by atoms with van der Waals surface area (Å²) in [5, 5.41) is 34.3. The lowest BCUT2D eigenvalue weighted by Gasteiger charge is -2.55. The number of hydrogen-bond acceptors (Lipinski definition) is 9. The SMILES string of the molecule is CN1C(=O)c2c(O)c(=O)c(-c3nnc(Cc4ccc(F)cc4F)s3)cn2N(C)C12CCC(C(=O)NCC1(O)CC1)CC2. The van der Waals surface area contributed by atoms with Crippen LogP contribution in [0.2, 0.25) is 0 Å². The maximum atomic E-state index is 14.2. The molecule has 2 amide bonds. The van der Waals surface area contributed by atoms with Gasteiger partial charge < -0.3 is 20.4 Å². The normalized spacial score (nSPS) is 22.8. The van der Waals surface area contributed by atoms with Crippen molar-refractivity contribution >= 4 is 23.2 Å². The fourth-order valence-electron chi connectivity index (χ4n) is 5.92. The average Bonchev–Trinajstić information content (AvgIpc) is 3.53. The Labute approximate surface area is 243 Å². The molecule has 2 fully saturated rings. The number of amides is 2. The first-order valence-electron chi connectivity index (χ1n) is 13.7. The molecule has 3 heterocycles. The Morgan fingerprint density at radius 1 is 1.14 bits per heavy atom. The Kier molecular flexibility index (Phi) is 6.80. The first kappa shape index (κ1) is 28.2. The lowest BCUT2D eigenvalue weighted by molar-refractivity contribution is -0.127. The highest BCUT2D eigenvalue weighted by molar-refractivity contribution is 7.14. The van der Waals surface area contributed by atoms with Crippen LogP contribution in [0.4, 0.5) is 8.78 Å². The fourth-order valence-corrected chi connectivity index (χ4v) is 6.79. The molecule has 3 aliphatic rings. The molecular formula is C28H30F2N6O5S. The van der Waals surface area contributed by atoms with Crippen molar-refractivity contribution < 1.29 is 28.6 Å². The van der Waals surface area contributed by atoms with Crippen LogP contribution in [0.15, 0.2) is 29.2 Å². The molecule has 1 aromatic carbocycles. The van der Waals surface area contributed by atoms with E-state index in [-0.39, 0.29) is 46.6 Å². The number of carbonyl (C=O) groups is 2. The van der Waals surface area contributed by atoms with Gasteiger partial charge in [0.15, 0.2) is 16.5 Å². The average molecular weight is 601 g/mol. The van der Waals surface area contributed by atoms with Crippen LogP contribution in [0.1, 0.15) is 59.6 Å². The fraction of sp³-hybridized carbons (Fsp3) is 0.464. The maximum absolute atomic E-state index is 14.2. The molecule has 1 spiro atoms. The van der Waals surface area contributed by atoms with Crippen LogP contribution in [0, 0.1) is 17.6 Å². The van der Waals surface area contributed by atoms with Gasteiger partial charge in [-0.1, -0.05) is 17.4 Å². The number of fused-ring (bicyclic) bond motifs is 1. The molecule has 2 aliphatic carbocycles. The third-order valence-electron chi connectivity index (χ3n) is 8.85. The van der Waals surface area contributed by atoms with Gasteiger partial charge in [-0.2, -0.15) is 0 Å². The van der Waals surface area contributed by atoms with E-state index < -0.39 is 40.0 Å². The summed E-state index contributed by atoms with van der Waals surface area (Å²) >= 11 is 1.03. The zero-order valence-corrected chi connectivity index (χ0v) is 23.9. The summed E-state index contributed by atoms with van der Waals surface area (Å²) in [6.07, 6.45) is 4.76. The summed E-state index contributed by atoms with van der Waals surface area (Å²) in [7, 11) is 3.38. The third-order valence-corrected chi connectivity index (χ3v) is 9.81. The van der Waals surface area contributed by atoms with E-state index in [9.17, 15) is 33.4 Å². The van der Waals surface area contributed by atoms with Crippen molar-refractivity contribution in [2.75, 3.05) is 25.6 Å². The number of carbonyl (C=O) groups excluding carboxylic acids is 2. The quantitative estimate of drug-likeness (QED) is 0.391. The minimum Gasteiger partial charge on any atom is -0.502 e. The van der Waals surface area contributed by atoms with Crippen molar-refractivity contribution in [2.45, 2.75) is 56.2 Å². The molecule has 42 heavy (non-hydrogen) atoms. The predicted molar refractivity (Wildman–Crippen MR) is 149 cm³/mol. The monoisotopic (exact) mass is 600 g/mol. The molecule has 2 saturated carbocycles. The lowest BCUT2D eigenvalue weighted by Crippen LogP contribution is -2.69. The summed E-state index contributed by atoms with van der Waals surface area (Å²) in [5.74, 6) is -3.05. The minimum atomic E-state index is -0.819. The van der Waals surface area contributed by atoms with Crippen molar-refractivity contribution in [1.82, 2.24) is 25.1 Å². The second kappa shape index (κ2) is 10.1. The molecule has 6 rings (SSSR count). The molecule has 0 unspecified atom stereocenters. The molecule has 2 aromatic heterocycles. The van der Waals surface area contributed by atoms with Crippen LogP contribution in [0.3, 0.4) is 0 Å². The predicted octanol–water partition coefficient (Wildman–Crippen LogP) is 2.12. The molecule has 1 aliphatic heterocycles. The first-order chi connectivity index (χ1) is 19.9. The highest BCUT2D eigenvalue weighted by Gasteiger charge is 2.51. The third kappa shape index (κ3) is 4.71. The van der Waals surface area contributed by atoms with Crippen LogP contribution in [-0.2, 0) is 11.2 Å². The number of hydrogen-bond donors (Lipinski definition) is 3. The van der Waals surface area contributed by atoms with Crippen LogP contribution in [0.5, 0.6) is 5.75 Å². The number of benzene rings is 1. The second-order valence-corrected chi connectivity index (χ2v) is 12.5. The van der Waals surface area contributed by atoms with E-state index >= 15 is 0 Å². The van der Waals surface area contributed by atoms with Gasteiger partial charge in [-0.25, -0.2) is 8.78 Å². The molecule has 3 N–H and O–H groups in total. The van der Waals surface area contributed by atoms with Gasteiger partial charge in [0.2, 0.25) is 11.3 Å². The number of rotatable bonds is 6. The second-order valence-electron chi connectivity index (χ2n) is 11.4. The van der Waals surface area contributed by atoms with Gasteiger partial charge in [0.25, 0.3) is 5.91 Å². The van der Waals surface area contributed by atoms with Gasteiger partial charge in [0, 0.05) is 45.2 Å². The summed E-state index contributed by atoms with van der Waals surface area (Å²) in [5.41, 5.74) is -2.35. The van der Waals surface area contributed by atoms with E-state index in [1.807, 2.05) is 0 Å². The highest BCUT2D eigenvalue weighted by Crippen LogP contribution is 2.42. The van der Waals surface area contributed by atoms with Crippen LogP contribution in [-0.4, -0.2) is 73.7 Å². The Bertz CT molecular complexity index is 1650. The summed E-state index contributed by atoms with van der Waals surface area (Å²) in [4.78, 5) is 41.0. The lowest BCUT2D eigenvalue weighted by atomic mass is 9.79. The molecule has 0 bridgehead atoms. The summed E-state index contributed by atoms with van der Waals surface area (Å²) in [6.45, 7) is 0.237. The maximum Gasteiger partial charge on any atom is 0.278 e. The molecule has 0 radical (unpaired) electrons. The van der Waals surface area contributed by atoms with E-state index in [2.05, 4.69) is 15.5 Å². The summed E-state index contributed by atoms with van der Waals surface area (Å²) < 4.78 is 28.9. The molecular weight excluding hydrogens is 570 g/mol. The van der Waals surface area contributed by atoms with E-state index in [0.29, 0.717) is 43.5 Å². The standard InChI is InChI=1S/C28H30F2N6O5S/c1-34-26(40)21-23(38)22(37)18(25-33-32-20(42-25)11-16-3-4-17(29)12-19(16)30)13-36(21)35(2)28(34)7-5-15(6-8-28)24(39)31-14-27(41)9-10-27/h3-4,12-13,15,38,41H,5-11,14H2,1-2H3,(H,31,39). The molecule has 0 atom stereocenters. The smallest absolute Gasteiger partial charge is 0.278 e. The van der Waals surface area contributed by atoms with Crippen molar-refractivity contribution in [1.29, 1.82) is 0 Å². The van der Waals surface area contributed by atoms with Gasteiger partial charge in [0.05, 0.1) is 11.2 Å². The van der Waals surface area contributed by atoms with Crippen molar-refractivity contribution in [2.24, 2.45) is 5.92 Å². The van der Waals surface area contributed by atoms with Crippen LogP contribution >= 0.6 is 11.3 Å². The zero-order valence-electron chi connectivity index (χ0n) is 23.1. The number of pyridine rings is 1. The molecule has 0 saturated heterocycles. The van der Waals surface area contributed by atoms with Crippen LogP contribution in [0.25, 0.3) is 10.6 Å². The number of halogens is 2.